The van der Waals surface area contributed by atoms with E-state index >= 15 is 0 Å². The highest BCUT2D eigenvalue weighted by molar-refractivity contribution is 8.00. The monoisotopic (exact) mass is 448 g/mol. The summed E-state index contributed by atoms with van der Waals surface area (Å²) in [5.74, 6) is 1.82. The van der Waals surface area contributed by atoms with Crippen molar-refractivity contribution in [1.82, 2.24) is 25.0 Å². The van der Waals surface area contributed by atoms with Crippen LogP contribution in [0.2, 0.25) is 0 Å². The number of nitrogens with one attached hydrogen (secondary N) is 1. The summed E-state index contributed by atoms with van der Waals surface area (Å²) in [6, 6.07) is 5.74. The first-order valence-electron chi connectivity index (χ1n) is 9.34. The highest BCUT2D eigenvalue weighted by Crippen LogP contribution is 2.29. The van der Waals surface area contributed by atoms with Crippen LogP contribution in [0.25, 0.3) is 0 Å². The number of aryl methyl sites for hydroxylation is 2. The second kappa shape index (κ2) is 9.90. The molecule has 1 aromatic carbocycles. The number of hydrogen-bond acceptors (Lipinski definition) is 9. The van der Waals surface area contributed by atoms with Crippen molar-refractivity contribution in [3.05, 3.63) is 34.6 Å². The SMILES string of the molecule is CC[C@H](Sc1nnc(COc2ccc(C)cc2OC)n1C)C(=O)Nc1nnc(C)s1. The Morgan fingerprint density at radius 2 is 2.03 bits per heavy atom. The molecule has 0 aliphatic rings. The van der Waals surface area contributed by atoms with Gasteiger partial charge in [-0.05, 0) is 38.0 Å². The van der Waals surface area contributed by atoms with Gasteiger partial charge in [0.1, 0.15) is 11.6 Å². The van der Waals surface area contributed by atoms with E-state index in [1.165, 1.54) is 23.1 Å². The van der Waals surface area contributed by atoms with Gasteiger partial charge in [-0.3, -0.25) is 10.1 Å². The molecule has 0 fully saturated rings. The Bertz CT molecular complexity index is 1020. The van der Waals surface area contributed by atoms with Gasteiger partial charge in [0.25, 0.3) is 0 Å². The van der Waals surface area contributed by atoms with Gasteiger partial charge in [0.05, 0.1) is 12.4 Å². The summed E-state index contributed by atoms with van der Waals surface area (Å²) in [7, 11) is 3.46. The minimum absolute atomic E-state index is 0.135. The predicted octanol–water partition coefficient (Wildman–Crippen LogP) is 3.38. The normalized spacial score (nSPS) is 11.9. The third kappa shape index (κ3) is 5.28. The van der Waals surface area contributed by atoms with Crippen LogP contribution in [0, 0.1) is 13.8 Å². The fourth-order valence-corrected chi connectivity index (χ4v) is 4.13. The Morgan fingerprint density at radius 3 is 2.70 bits per heavy atom. The molecule has 3 aromatic rings. The van der Waals surface area contributed by atoms with Gasteiger partial charge >= 0.3 is 0 Å². The number of nitrogens with zero attached hydrogens (tertiary/aromatic N) is 5. The molecule has 0 saturated carbocycles. The maximum atomic E-state index is 12.6. The van der Waals surface area contributed by atoms with E-state index < -0.39 is 0 Å². The van der Waals surface area contributed by atoms with Crippen molar-refractivity contribution in [2.45, 2.75) is 44.2 Å². The molecule has 11 heteroatoms. The summed E-state index contributed by atoms with van der Waals surface area (Å²) in [6.07, 6.45) is 0.632. The average Bonchev–Trinajstić information content (AvgIpc) is 3.29. The smallest absolute Gasteiger partial charge is 0.239 e. The Labute approximate surface area is 183 Å². The third-order valence-electron chi connectivity index (χ3n) is 4.27. The van der Waals surface area contributed by atoms with Crippen molar-refractivity contribution in [3.63, 3.8) is 0 Å². The zero-order valence-corrected chi connectivity index (χ0v) is 19.1. The number of rotatable bonds is 9. The van der Waals surface area contributed by atoms with E-state index in [2.05, 4.69) is 25.7 Å². The minimum Gasteiger partial charge on any atom is -0.493 e. The second-order valence-electron chi connectivity index (χ2n) is 6.53. The first-order valence-corrected chi connectivity index (χ1v) is 11.0. The highest BCUT2D eigenvalue weighted by atomic mass is 32.2. The van der Waals surface area contributed by atoms with Crippen molar-refractivity contribution in [3.8, 4) is 11.5 Å². The molecule has 0 unspecified atom stereocenters. The Kier molecular flexibility index (Phi) is 7.27. The number of anilines is 1. The van der Waals surface area contributed by atoms with E-state index in [0.29, 0.717) is 34.0 Å². The number of ether oxygens (including phenoxy) is 2. The minimum atomic E-state index is -0.330. The fraction of sp³-hybridized carbons (Fsp3) is 0.421. The molecule has 0 aliphatic heterocycles. The molecule has 0 aliphatic carbocycles. The summed E-state index contributed by atoms with van der Waals surface area (Å²) < 4.78 is 13.1. The van der Waals surface area contributed by atoms with Gasteiger partial charge in [0.15, 0.2) is 22.5 Å². The van der Waals surface area contributed by atoms with Crippen LogP contribution < -0.4 is 14.8 Å². The Morgan fingerprint density at radius 1 is 1.23 bits per heavy atom. The molecule has 0 spiro atoms. The Balaban J connectivity index is 1.64. The third-order valence-corrected chi connectivity index (χ3v) is 6.42. The van der Waals surface area contributed by atoms with Gasteiger partial charge in [0.2, 0.25) is 11.0 Å². The number of thioether (sulfide) groups is 1. The average molecular weight is 449 g/mol. The van der Waals surface area contributed by atoms with Crippen LogP contribution in [0.15, 0.2) is 23.4 Å². The first kappa shape index (κ1) is 22.0. The molecule has 1 N–H and O–H groups in total. The molecular formula is C19H24N6O3S2. The molecule has 2 heterocycles. The van der Waals surface area contributed by atoms with Gasteiger partial charge in [-0.2, -0.15) is 0 Å². The molecule has 0 radical (unpaired) electrons. The van der Waals surface area contributed by atoms with Crippen molar-refractivity contribution in [2.75, 3.05) is 12.4 Å². The number of methoxy groups -OCH3 is 1. The lowest BCUT2D eigenvalue weighted by molar-refractivity contribution is -0.115. The summed E-state index contributed by atoms with van der Waals surface area (Å²) in [5, 5.41) is 20.7. The zero-order chi connectivity index (χ0) is 21.7. The maximum absolute atomic E-state index is 12.6. The first-order chi connectivity index (χ1) is 14.4. The lowest BCUT2D eigenvalue weighted by Crippen LogP contribution is -2.25. The lowest BCUT2D eigenvalue weighted by Gasteiger charge is -2.13. The summed E-state index contributed by atoms with van der Waals surface area (Å²) in [4.78, 5) is 12.6. The molecular weight excluding hydrogens is 424 g/mol. The van der Waals surface area contributed by atoms with Gasteiger partial charge in [0, 0.05) is 7.05 Å². The number of hydrogen-bond donors (Lipinski definition) is 1. The largest absolute Gasteiger partial charge is 0.493 e. The van der Waals surface area contributed by atoms with E-state index in [-0.39, 0.29) is 17.8 Å². The number of benzene rings is 1. The topological polar surface area (TPSA) is 104 Å². The van der Waals surface area contributed by atoms with E-state index in [1.54, 1.807) is 7.11 Å². The summed E-state index contributed by atoms with van der Waals surface area (Å²) in [5.41, 5.74) is 1.09. The van der Waals surface area contributed by atoms with Crippen LogP contribution in [0.5, 0.6) is 11.5 Å². The van der Waals surface area contributed by atoms with Crippen molar-refractivity contribution >= 4 is 34.1 Å². The molecule has 1 amide bonds. The number of carbonyl (C=O) groups is 1. The van der Waals surface area contributed by atoms with E-state index in [0.717, 1.165) is 10.6 Å². The van der Waals surface area contributed by atoms with Crippen LogP contribution in [-0.2, 0) is 18.4 Å². The van der Waals surface area contributed by atoms with Crippen molar-refractivity contribution < 1.29 is 14.3 Å². The van der Waals surface area contributed by atoms with Crippen LogP contribution in [0.3, 0.4) is 0 Å². The highest BCUT2D eigenvalue weighted by Gasteiger charge is 2.23. The second-order valence-corrected chi connectivity index (χ2v) is 8.88. The van der Waals surface area contributed by atoms with Gasteiger partial charge in [-0.15, -0.1) is 20.4 Å². The van der Waals surface area contributed by atoms with Crippen LogP contribution in [0.4, 0.5) is 5.13 Å². The van der Waals surface area contributed by atoms with E-state index in [9.17, 15) is 4.79 Å². The summed E-state index contributed by atoms with van der Waals surface area (Å²) >= 11 is 2.70. The number of amides is 1. The molecule has 1 atom stereocenters. The van der Waals surface area contributed by atoms with Crippen molar-refractivity contribution in [1.29, 1.82) is 0 Å². The van der Waals surface area contributed by atoms with Gasteiger partial charge in [-0.1, -0.05) is 36.1 Å². The molecule has 9 nitrogen and oxygen atoms in total. The molecule has 3 rings (SSSR count). The molecule has 0 saturated heterocycles. The predicted molar refractivity (Wildman–Crippen MR) is 116 cm³/mol. The van der Waals surface area contributed by atoms with Crippen LogP contribution in [0.1, 0.15) is 29.7 Å². The number of aromatic nitrogens is 5. The van der Waals surface area contributed by atoms with Crippen LogP contribution in [-0.4, -0.2) is 43.2 Å². The van der Waals surface area contributed by atoms with Gasteiger partial charge < -0.3 is 14.0 Å². The van der Waals surface area contributed by atoms with E-state index in [1.807, 2.05) is 50.6 Å². The van der Waals surface area contributed by atoms with E-state index in [4.69, 9.17) is 9.47 Å². The number of carbonyl (C=O) groups excluding carboxylic acids is 1. The van der Waals surface area contributed by atoms with Gasteiger partial charge in [-0.25, -0.2) is 0 Å². The summed E-state index contributed by atoms with van der Waals surface area (Å²) in [6.45, 7) is 6.02. The quantitative estimate of drug-likeness (QED) is 0.497. The standard InChI is InChI=1S/C19H24N6O3S2/c1-6-15(17(26)20-18-23-21-12(3)29-18)30-19-24-22-16(25(19)4)10-28-13-8-7-11(2)9-14(13)27-5/h7-9,15H,6,10H2,1-5H3,(H,20,23,26)/t15-/m0/s1. The van der Waals surface area contributed by atoms with Crippen molar-refractivity contribution in [2.24, 2.45) is 7.05 Å². The fourth-order valence-electron chi connectivity index (χ4n) is 2.59. The molecule has 160 valence electrons. The molecule has 30 heavy (non-hydrogen) atoms. The Hall–Kier alpha value is -2.66. The zero-order valence-electron chi connectivity index (χ0n) is 17.5. The maximum Gasteiger partial charge on any atom is 0.239 e. The van der Waals surface area contributed by atoms with Crippen LogP contribution >= 0.6 is 23.1 Å². The molecule has 0 bridgehead atoms. The lowest BCUT2D eigenvalue weighted by atomic mass is 10.2. The molecule has 2 aromatic heterocycles.